The van der Waals surface area contributed by atoms with E-state index in [4.69, 9.17) is 21.3 Å². The molecule has 108 valence electrons. The maximum Gasteiger partial charge on any atom is 0.504 e. The summed E-state index contributed by atoms with van der Waals surface area (Å²) in [6.07, 6.45) is 0. The summed E-state index contributed by atoms with van der Waals surface area (Å²) in [4.78, 5) is 0. The second kappa shape index (κ2) is 6.69. The van der Waals surface area contributed by atoms with E-state index in [1.165, 1.54) is 5.56 Å². The van der Waals surface area contributed by atoms with E-state index in [-0.39, 0.29) is 7.69 Å². The molecule has 0 fully saturated rings. The molecule has 2 nitrogen and oxygen atoms in total. The second-order valence-electron chi connectivity index (χ2n) is 4.86. The van der Waals surface area contributed by atoms with E-state index in [0.717, 1.165) is 16.7 Å². The van der Waals surface area contributed by atoms with Gasteiger partial charge in [0.2, 0.25) is 0 Å². The molecule has 0 unspecified atom stereocenters. The first-order valence-electron chi connectivity index (χ1n) is 6.97. The second-order valence-corrected chi connectivity index (χ2v) is 5.29. The molecule has 0 saturated heterocycles. The molecule has 0 aliphatic rings. The lowest BCUT2D eigenvalue weighted by molar-refractivity contribution is 0.455. The Hall–Kier alpha value is -2.23. The van der Waals surface area contributed by atoms with Crippen molar-refractivity contribution in [3.8, 4) is 28.0 Å². The van der Waals surface area contributed by atoms with Crippen LogP contribution in [0.4, 0.5) is 0 Å². The Morgan fingerprint density at radius 2 is 1.41 bits per heavy atom. The van der Waals surface area contributed by atoms with Crippen LogP contribution in [0.5, 0.6) is 5.75 Å². The standard InChI is InChI=1S/C18H14BClO2/c20-16-10-11-18(22-19-21)17(12-16)15-8-6-14(7-9-15)13-4-2-1-3-5-13/h1-12,19,21H. The molecule has 0 amide bonds. The Morgan fingerprint density at radius 3 is 2.09 bits per heavy atom. The highest BCUT2D eigenvalue weighted by molar-refractivity contribution is 6.31. The van der Waals surface area contributed by atoms with Gasteiger partial charge in [0.05, 0.1) is 0 Å². The normalized spacial score (nSPS) is 10.3. The summed E-state index contributed by atoms with van der Waals surface area (Å²) in [5.41, 5.74) is 4.18. The monoisotopic (exact) mass is 308 g/mol. The topological polar surface area (TPSA) is 29.5 Å². The minimum Gasteiger partial charge on any atom is -0.538 e. The van der Waals surface area contributed by atoms with Gasteiger partial charge in [-0.3, -0.25) is 0 Å². The number of benzene rings is 3. The van der Waals surface area contributed by atoms with Crippen LogP contribution in [0.3, 0.4) is 0 Å². The van der Waals surface area contributed by atoms with Crippen LogP contribution in [0, 0.1) is 0 Å². The Labute approximate surface area is 135 Å². The lowest BCUT2D eigenvalue weighted by Crippen LogP contribution is -2.01. The van der Waals surface area contributed by atoms with Gasteiger partial charge in [-0.05, 0) is 34.9 Å². The first kappa shape index (κ1) is 14.7. The molecule has 0 heterocycles. The fourth-order valence-corrected chi connectivity index (χ4v) is 2.57. The average molecular weight is 309 g/mol. The van der Waals surface area contributed by atoms with Crippen LogP contribution in [-0.4, -0.2) is 12.7 Å². The van der Waals surface area contributed by atoms with Crippen molar-refractivity contribution in [2.45, 2.75) is 0 Å². The predicted octanol–water partition coefficient (Wildman–Crippen LogP) is 4.31. The molecule has 1 N–H and O–H groups in total. The summed E-state index contributed by atoms with van der Waals surface area (Å²) in [6.45, 7) is 0. The van der Waals surface area contributed by atoms with Gasteiger partial charge in [0.25, 0.3) is 0 Å². The maximum atomic E-state index is 9.00. The maximum absolute atomic E-state index is 9.00. The number of halogens is 1. The van der Waals surface area contributed by atoms with Crippen molar-refractivity contribution in [3.63, 3.8) is 0 Å². The van der Waals surface area contributed by atoms with Crippen molar-refractivity contribution < 1.29 is 9.68 Å². The van der Waals surface area contributed by atoms with Crippen LogP contribution in [0.1, 0.15) is 0 Å². The van der Waals surface area contributed by atoms with Crippen molar-refractivity contribution in [1.29, 1.82) is 0 Å². The minimum atomic E-state index is -0.364. The van der Waals surface area contributed by atoms with E-state index in [1.807, 2.05) is 36.4 Å². The molecule has 0 aromatic heterocycles. The van der Waals surface area contributed by atoms with Crippen molar-refractivity contribution in [2.75, 3.05) is 0 Å². The van der Waals surface area contributed by atoms with E-state index in [0.29, 0.717) is 10.8 Å². The summed E-state index contributed by atoms with van der Waals surface area (Å²) >= 11 is 6.08. The highest BCUT2D eigenvalue weighted by atomic mass is 35.5. The number of rotatable bonds is 4. The van der Waals surface area contributed by atoms with Gasteiger partial charge < -0.3 is 9.68 Å². The van der Waals surface area contributed by atoms with Crippen LogP contribution in [0.2, 0.25) is 5.02 Å². The zero-order valence-corrected chi connectivity index (χ0v) is 12.6. The first-order chi connectivity index (χ1) is 10.8. The van der Waals surface area contributed by atoms with Gasteiger partial charge in [-0.1, -0.05) is 66.2 Å². The summed E-state index contributed by atoms with van der Waals surface area (Å²) in [5, 5.41) is 9.63. The van der Waals surface area contributed by atoms with Gasteiger partial charge in [-0.25, -0.2) is 0 Å². The van der Waals surface area contributed by atoms with Crippen LogP contribution in [0.25, 0.3) is 22.3 Å². The zero-order chi connectivity index (χ0) is 15.4. The molecular weight excluding hydrogens is 294 g/mol. The third-order valence-corrected chi connectivity index (χ3v) is 3.70. The van der Waals surface area contributed by atoms with E-state index in [2.05, 4.69) is 24.3 Å². The van der Waals surface area contributed by atoms with Crippen molar-refractivity contribution >= 4 is 19.3 Å². The van der Waals surface area contributed by atoms with Crippen LogP contribution < -0.4 is 4.65 Å². The molecule has 0 spiro atoms. The van der Waals surface area contributed by atoms with E-state index in [1.54, 1.807) is 12.1 Å². The zero-order valence-electron chi connectivity index (χ0n) is 11.9. The minimum absolute atomic E-state index is 0.364. The van der Waals surface area contributed by atoms with Gasteiger partial charge in [0.15, 0.2) is 0 Å². The molecule has 0 aliphatic carbocycles. The average Bonchev–Trinajstić information content (AvgIpc) is 2.58. The van der Waals surface area contributed by atoms with Crippen LogP contribution in [-0.2, 0) is 0 Å². The number of hydrogen-bond acceptors (Lipinski definition) is 2. The van der Waals surface area contributed by atoms with Gasteiger partial charge >= 0.3 is 7.69 Å². The molecule has 0 atom stereocenters. The lowest BCUT2D eigenvalue weighted by atomic mass is 9.99. The SMILES string of the molecule is OBOc1ccc(Cl)cc1-c1ccc(-c2ccccc2)cc1. The molecular formula is C18H14BClO2. The highest BCUT2D eigenvalue weighted by Gasteiger charge is 2.08. The summed E-state index contributed by atoms with van der Waals surface area (Å²) in [7, 11) is -0.364. The van der Waals surface area contributed by atoms with Gasteiger partial charge in [-0.15, -0.1) is 0 Å². The molecule has 0 aliphatic heterocycles. The smallest absolute Gasteiger partial charge is 0.504 e. The molecule has 0 bridgehead atoms. The van der Waals surface area contributed by atoms with E-state index < -0.39 is 0 Å². The predicted molar refractivity (Wildman–Crippen MR) is 92.3 cm³/mol. The molecule has 3 aromatic rings. The lowest BCUT2D eigenvalue weighted by Gasteiger charge is -2.11. The Bertz CT molecular complexity index is 758. The fraction of sp³-hybridized carbons (Fsp3) is 0. The van der Waals surface area contributed by atoms with Crippen molar-refractivity contribution in [3.05, 3.63) is 77.8 Å². The van der Waals surface area contributed by atoms with Gasteiger partial charge in [0.1, 0.15) is 5.75 Å². The first-order valence-corrected chi connectivity index (χ1v) is 7.35. The van der Waals surface area contributed by atoms with Crippen molar-refractivity contribution in [1.82, 2.24) is 0 Å². The van der Waals surface area contributed by atoms with Crippen molar-refractivity contribution in [2.24, 2.45) is 0 Å². The third kappa shape index (κ3) is 3.16. The number of hydrogen-bond donors (Lipinski definition) is 1. The van der Waals surface area contributed by atoms with E-state index in [9.17, 15) is 0 Å². The third-order valence-electron chi connectivity index (χ3n) is 3.46. The highest BCUT2D eigenvalue weighted by Crippen LogP contribution is 2.33. The summed E-state index contributed by atoms with van der Waals surface area (Å²) in [6, 6.07) is 23.7. The summed E-state index contributed by atoms with van der Waals surface area (Å²) < 4.78 is 5.26. The molecule has 22 heavy (non-hydrogen) atoms. The Kier molecular flexibility index (Phi) is 4.47. The van der Waals surface area contributed by atoms with E-state index >= 15 is 0 Å². The largest absolute Gasteiger partial charge is 0.538 e. The van der Waals surface area contributed by atoms with Gasteiger partial charge in [0, 0.05) is 10.6 Å². The molecule has 4 heteroatoms. The van der Waals surface area contributed by atoms with Crippen LogP contribution in [0.15, 0.2) is 72.8 Å². The Morgan fingerprint density at radius 1 is 0.773 bits per heavy atom. The molecule has 3 rings (SSSR count). The van der Waals surface area contributed by atoms with Gasteiger partial charge in [-0.2, -0.15) is 0 Å². The molecule has 3 aromatic carbocycles. The molecule has 0 radical (unpaired) electrons. The quantitative estimate of drug-likeness (QED) is 0.728. The summed E-state index contributed by atoms with van der Waals surface area (Å²) in [5.74, 6) is 0.611. The molecule has 0 saturated carbocycles. The fourth-order valence-electron chi connectivity index (χ4n) is 2.40. The van der Waals surface area contributed by atoms with Crippen LogP contribution >= 0.6 is 11.6 Å². The Balaban J connectivity index is 1.98.